The Morgan fingerprint density at radius 1 is 1.27 bits per heavy atom. The van der Waals surface area contributed by atoms with Gasteiger partial charge in [0.15, 0.2) is 5.75 Å². The number of aryl methyl sites for hydroxylation is 1. The molecule has 0 aliphatic rings. The lowest BCUT2D eigenvalue weighted by Crippen LogP contribution is -2.21. The summed E-state index contributed by atoms with van der Waals surface area (Å²) < 4.78 is 39.1. The van der Waals surface area contributed by atoms with Crippen LogP contribution < -0.4 is 5.43 Å². The smallest absolute Gasteiger partial charge is 0.416 e. The molecule has 0 atom stereocenters. The van der Waals surface area contributed by atoms with E-state index in [2.05, 4.69) is 5.10 Å². The molecule has 1 heterocycles. The first-order valence-electron chi connectivity index (χ1n) is 5.85. The molecule has 9 heteroatoms. The van der Waals surface area contributed by atoms with E-state index in [0.29, 0.717) is 4.68 Å². The number of carboxylic acid groups (broad SMARTS) is 1. The monoisotopic (exact) mass is 314 g/mol. The Balaban J connectivity index is 2.70. The summed E-state index contributed by atoms with van der Waals surface area (Å²) in [5.74, 6) is -2.62. The van der Waals surface area contributed by atoms with Crippen LogP contribution in [-0.4, -0.2) is 26.0 Å². The van der Waals surface area contributed by atoms with Gasteiger partial charge >= 0.3 is 12.1 Å². The molecule has 0 amide bonds. The number of aromatic nitrogens is 2. The van der Waals surface area contributed by atoms with Crippen molar-refractivity contribution in [2.45, 2.75) is 13.1 Å². The van der Waals surface area contributed by atoms with E-state index >= 15 is 0 Å². The van der Waals surface area contributed by atoms with Gasteiger partial charge in [-0.3, -0.25) is 4.79 Å². The second-order valence-corrected chi connectivity index (χ2v) is 4.50. The van der Waals surface area contributed by atoms with Gasteiger partial charge in [-0.1, -0.05) is 0 Å². The summed E-state index contributed by atoms with van der Waals surface area (Å²) in [6.45, 7) is 1.42. The first-order valence-corrected chi connectivity index (χ1v) is 5.85. The third-order valence-corrected chi connectivity index (χ3v) is 2.76. The molecular weight excluding hydrogens is 305 g/mol. The fourth-order valence-electron chi connectivity index (χ4n) is 1.81. The molecule has 0 fully saturated rings. The lowest BCUT2D eigenvalue weighted by atomic mass is 10.1. The van der Waals surface area contributed by atoms with Crippen LogP contribution >= 0.6 is 0 Å². The highest BCUT2D eigenvalue weighted by Gasteiger charge is 2.31. The third kappa shape index (κ3) is 2.92. The minimum atomic E-state index is -4.60. The summed E-state index contributed by atoms with van der Waals surface area (Å²) in [6, 6.07) is 2.94. The number of carbonyl (C=O) groups is 1. The predicted molar refractivity (Wildman–Crippen MR) is 68.2 cm³/mol. The van der Waals surface area contributed by atoms with E-state index in [4.69, 9.17) is 5.11 Å². The molecule has 0 saturated carbocycles. The van der Waals surface area contributed by atoms with Gasteiger partial charge in [0.25, 0.3) is 5.43 Å². The fourth-order valence-corrected chi connectivity index (χ4v) is 1.81. The van der Waals surface area contributed by atoms with Gasteiger partial charge in [-0.15, -0.1) is 0 Å². The summed E-state index contributed by atoms with van der Waals surface area (Å²) in [5.41, 5.74) is -3.05. The summed E-state index contributed by atoms with van der Waals surface area (Å²) in [6.07, 6.45) is -3.85. The maximum atomic E-state index is 12.8. The molecule has 116 valence electrons. The zero-order valence-corrected chi connectivity index (χ0v) is 11.0. The van der Waals surface area contributed by atoms with Gasteiger partial charge in [0.1, 0.15) is 0 Å². The van der Waals surface area contributed by atoms with Crippen molar-refractivity contribution in [3.8, 4) is 11.4 Å². The van der Waals surface area contributed by atoms with Gasteiger partial charge in [0.2, 0.25) is 5.69 Å². The zero-order valence-electron chi connectivity index (χ0n) is 11.0. The Bertz CT molecular complexity index is 812. The number of nitrogens with zero attached hydrogens (tertiary/aromatic N) is 2. The third-order valence-electron chi connectivity index (χ3n) is 2.76. The highest BCUT2D eigenvalue weighted by Crippen LogP contribution is 2.31. The van der Waals surface area contributed by atoms with Crippen LogP contribution in [0.2, 0.25) is 0 Å². The van der Waals surface area contributed by atoms with E-state index in [1.807, 2.05) is 0 Å². The number of hydrogen-bond donors (Lipinski definition) is 2. The molecule has 2 N–H and O–H groups in total. The molecule has 1 aromatic heterocycles. The van der Waals surface area contributed by atoms with Gasteiger partial charge in [0.05, 0.1) is 17.4 Å². The molecule has 0 saturated heterocycles. The Morgan fingerprint density at radius 3 is 2.45 bits per heavy atom. The van der Waals surface area contributed by atoms with Crippen LogP contribution in [0.25, 0.3) is 5.69 Å². The normalized spacial score (nSPS) is 11.5. The topological polar surface area (TPSA) is 92.4 Å². The molecular formula is C13H9F3N2O4. The average Bonchev–Trinajstić information content (AvgIpc) is 2.39. The maximum absolute atomic E-state index is 12.8. The van der Waals surface area contributed by atoms with E-state index in [0.717, 1.165) is 18.3 Å². The van der Waals surface area contributed by atoms with Gasteiger partial charge in [-0.2, -0.15) is 18.3 Å². The molecule has 2 aromatic rings. The molecule has 0 bridgehead atoms. The van der Waals surface area contributed by atoms with E-state index < -0.39 is 34.6 Å². The summed E-state index contributed by atoms with van der Waals surface area (Å²) in [7, 11) is 0. The number of aromatic carboxylic acids is 1. The highest BCUT2D eigenvalue weighted by atomic mass is 19.4. The van der Waals surface area contributed by atoms with Crippen LogP contribution in [0.15, 0.2) is 29.2 Å². The summed E-state index contributed by atoms with van der Waals surface area (Å²) in [5, 5.41) is 21.7. The van der Waals surface area contributed by atoms with Crippen LogP contribution in [0, 0.1) is 6.92 Å². The Morgan fingerprint density at radius 2 is 1.91 bits per heavy atom. The average molecular weight is 314 g/mol. The van der Waals surface area contributed by atoms with Crippen molar-refractivity contribution >= 4 is 5.97 Å². The highest BCUT2D eigenvalue weighted by molar-refractivity contribution is 5.85. The van der Waals surface area contributed by atoms with E-state index in [1.54, 1.807) is 0 Å². The first-order chi connectivity index (χ1) is 10.1. The van der Waals surface area contributed by atoms with Crippen LogP contribution in [-0.2, 0) is 6.18 Å². The molecule has 0 aliphatic carbocycles. The second-order valence-electron chi connectivity index (χ2n) is 4.50. The fraction of sp³-hybridized carbons (Fsp3) is 0.154. The molecule has 6 nitrogen and oxygen atoms in total. The lowest BCUT2D eigenvalue weighted by molar-refractivity contribution is -0.137. The van der Waals surface area contributed by atoms with Crippen LogP contribution in [0.1, 0.15) is 21.6 Å². The molecule has 1 aromatic carbocycles. The van der Waals surface area contributed by atoms with E-state index in [-0.39, 0.29) is 11.3 Å². The minimum Gasteiger partial charge on any atom is -0.503 e. The van der Waals surface area contributed by atoms with Crippen molar-refractivity contribution in [1.29, 1.82) is 0 Å². The molecule has 22 heavy (non-hydrogen) atoms. The molecule has 0 radical (unpaired) electrons. The standard InChI is InChI=1S/C13H9F3N2O4/c1-6-2-7(13(14,15)16)4-8(3-6)18-5-9(19)11(20)10(17-18)12(21)22/h2-5,19H,1H3,(H,21,22). The van der Waals surface area contributed by atoms with E-state index in [9.17, 15) is 27.9 Å². The van der Waals surface area contributed by atoms with Crippen molar-refractivity contribution in [1.82, 2.24) is 9.78 Å². The number of halogens is 3. The Labute approximate surface area is 121 Å². The Kier molecular flexibility index (Phi) is 3.65. The van der Waals surface area contributed by atoms with Crippen LogP contribution in [0.4, 0.5) is 13.2 Å². The lowest BCUT2D eigenvalue weighted by Gasteiger charge is -2.12. The number of hydrogen-bond acceptors (Lipinski definition) is 4. The van der Waals surface area contributed by atoms with Gasteiger partial charge in [-0.25, -0.2) is 9.48 Å². The van der Waals surface area contributed by atoms with Crippen LogP contribution in [0.3, 0.4) is 0 Å². The summed E-state index contributed by atoms with van der Waals surface area (Å²) in [4.78, 5) is 22.3. The summed E-state index contributed by atoms with van der Waals surface area (Å²) >= 11 is 0. The number of rotatable bonds is 2. The SMILES string of the molecule is Cc1cc(-n2cc(O)c(=O)c(C(=O)O)n2)cc(C(F)(F)F)c1. The quantitative estimate of drug-likeness (QED) is 0.884. The van der Waals surface area contributed by atoms with Crippen molar-refractivity contribution in [3.05, 3.63) is 51.4 Å². The van der Waals surface area contributed by atoms with Gasteiger partial charge in [-0.05, 0) is 30.7 Å². The number of carboxylic acids is 1. The Hall–Kier alpha value is -2.84. The number of alkyl halides is 3. The van der Waals surface area contributed by atoms with E-state index in [1.165, 1.54) is 13.0 Å². The van der Waals surface area contributed by atoms with Gasteiger partial charge < -0.3 is 10.2 Å². The zero-order chi connectivity index (χ0) is 16.7. The van der Waals surface area contributed by atoms with Crippen molar-refractivity contribution in [2.75, 3.05) is 0 Å². The van der Waals surface area contributed by atoms with Crippen molar-refractivity contribution < 1.29 is 28.2 Å². The van der Waals surface area contributed by atoms with Crippen molar-refractivity contribution in [2.24, 2.45) is 0 Å². The molecule has 0 unspecified atom stereocenters. The second kappa shape index (κ2) is 5.17. The minimum absolute atomic E-state index is 0.134. The number of aromatic hydroxyl groups is 1. The van der Waals surface area contributed by atoms with Crippen molar-refractivity contribution in [3.63, 3.8) is 0 Å². The molecule has 0 aliphatic heterocycles. The number of benzene rings is 1. The predicted octanol–water partition coefficient (Wildman–Crippen LogP) is 1.96. The van der Waals surface area contributed by atoms with Gasteiger partial charge in [0, 0.05) is 0 Å². The first kappa shape index (κ1) is 15.5. The largest absolute Gasteiger partial charge is 0.503 e. The molecule has 2 rings (SSSR count). The van der Waals surface area contributed by atoms with Crippen LogP contribution in [0.5, 0.6) is 5.75 Å². The molecule has 0 spiro atoms. The maximum Gasteiger partial charge on any atom is 0.416 e.